The second-order valence-corrected chi connectivity index (χ2v) is 4.37. The van der Waals surface area contributed by atoms with E-state index in [1.807, 2.05) is 37.3 Å². The molecule has 0 heterocycles. The van der Waals surface area contributed by atoms with Gasteiger partial charge in [0.25, 0.3) is 0 Å². The SMILES string of the molecule is CC(=NNC(=S)Nc1ccccc1)C1CC1. The first-order valence-corrected chi connectivity index (χ1v) is 5.83. The van der Waals surface area contributed by atoms with Gasteiger partial charge in [0.1, 0.15) is 0 Å². The van der Waals surface area contributed by atoms with Gasteiger partial charge in [0.2, 0.25) is 0 Å². The van der Waals surface area contributed by atoms with Crippen molar-refractivity contribution >= 4 is 28.7 Å². The first-order valence-electron chi connectivity index (χ1n) is 5.42. The van der Waals surface area contributed by atoms with Gasteiger partial charge in [0, 0.05) is 11.4 Å². The molecule has 0 bridgehead atoms. The molecule has 0 aromatic heterocycles. The fourth-order valence-corrected chi connectivity index (χ4v) is 1.58. The third kappa shape index (κ3) is 3.31. The van der Waals surface area contributed by atoms with Gasteiger partial charge >= 0.3 is 0 Å². The lowest BCUT2D eigenvalue weighted by molar-refractivity contribution is 0.999. The number of anilines is 1. The zero-order valence-corrected chi connectivity index (χ0v) is 10.1. The van der Waals surface area contributed by atoms with E-state index in [0.717, 1.165) is 11.4 Å². The largest absolute Gasteiger partial charge is 0.331 e. The summed E-state index contributed by atoms with van der Waals surface area (Å²) in [5.41, 5.74) is 4.97. The van der Waals surface area contributed by atoms with Gasteiger partial charge in [-0.25, -0.2) is 0 Å². The molecule has 0 aliphatic heterocycles. The molecular formula is C12H15N3S. The Balaban J connectivity index is 1.82. The molecule has 3 nitrogen and oxygen atoms in total. The van der Waals surface area contributed by atoms with E-state index in [9.17, 15) is 0 Å². The Labute approximate surface area is 101 Å². The van der Waals surface area contributed by atoms with Crippen LogP contribution < -0.4 is 10.7 Å². The monoisotopic (exact) mass is 233 g/mol. The molecule has 16 heavy (non-hydrogen) atoms. The highest BCUT2D eigenvalue weighted by molar-refractivity contribution is 7.80. The predicted molar refractivity (Wildman–Crippen MR) is 71.6 cm³/mol. The van der Waals surface area contributed by atoms with Crippen LogP contribution in [0.3, 0.4) is 0 Å². The van der Waals surface area contributed by atoms with E-state index in [4.69, 9.17) is 12.2 Å². The Kier molecular flexibility index (Phi) is 3.51. The maximum Gasteiger partial charge on any atom is 0.191 e. The van der Waals surface area contributed by atoms with E-state index in [1.54, 1.807) is 0 Å². The van der Waals surface area contributed by atoms with Gasteiger partial charge in [-0.15, -0.1) is 0 Å². The first kappa shape index (κ1) is 11.1. The number of benzene rings is 1. The smallest absolute Gasteiger partial charge is 0.191 e. The maximum atomic E-state index is 5.13. The average Bonchev–Trinajstić information content (AvgIpc) is 3.11. The van der Waals surface area contributed by atoms with Crippen LogP contribution in [0.2, 0.25) is 0 Å². The van der Waals surface area contributed by atoms with Crippen molar-refractivity contribution in [2.45, 2.75) is 19.8 Å². The third-order valence-corrected chi connectivity index (χ3v) is 2.73. The molecule has 1 aliphatic rings. The van der Waals surface area contributed by atoms with Crippen LogP contribution in [0, 0.1) is 5.92 Å². The van der Waals surface area contributed by atoms with E-state index in [0.29, 0.717) is 11.0 Å². The van der Waals surface area contributed by atoms with Crippen LogP contribution in [0.1, 0.15) is 19.8 Å². The Morgan fingerprint density at radius 2 is 2.00 bits per heavy atom. The highest BCUT2D eigenvalue weighted by Gasteiger charge is 2.24. The molecule has 0 saturated heterocycles. The summed E-state index contributed by atoms with van der Waals surface area (Å²) in [4.78, 5) is 0. The van der Waals surface area contributed by atoms with Crippen molar-refractivity contribution in [3.63, 3.8) is 0 Å². The quantitative estimate of drug-likeness (QED) is 0.479. The number of para-hydroxylation sites is 1. The number of nitrogens with zero attached hydrogens (tertiary/aromatic N) is 1. The van der Waals surface area contributed by atoms with E-state index in [-0.39, 0.29) is 0 Å². The van der Waals surface area contributed by atoms with Crippen LogP contribution in [-0.2, 0) is 0 Å². The summed E-state index contributed by atoms with van der Waals surface area (Å²) < 4.78 is 0. The molecule has 0 amide bonds. The molecule has 1 aromatic rings. The molecule has 1 aliphatic carbocycles. The van der Waals surface area contributed by atoms with Crippen LogP contribution in [0.4, 0.5) is 5.69 Å². The minimum absolute atomic E-state index is 0.534. The molecule has 1 fully saturated rings. The third-order valence-electron chi connectivity index (χ3n) is 2.53. The van der Waals surface area contributed by atoms with Crippen molar-refractivity contribution in [1.82, 2.24) is 5.43 Å². The zero-order valence-electron chi connectivity index (χ0n) is 9.23. The van der Waals surface area contributed by atoms with Crippen LogP contribution in [-0.4, -0.2) is 10.8 Å². The predicted octanol–water partition coefficient (Wildman–Crippen LogP) is 2.76. The van der Waals surface area contributed by atoms with Crippen molar-refractivity contribution in [3.05, 3.63) is 30.3 Å². The van der Waals surface area contributed by atoms with Crippen LogP contribution in [0.5, 0.6) is 0 Å². The first-order chi connectivity index (χ1) is 7.75. The Hall–Kier alpha value is -1.42. The molecule has 1 aromatic carbocycles. The van der Waals surface area contributed by atoms with E-state index in [2.05, 4.69) is 15.8 Å². The fourth-order valence-electron chi connectivity index (χ4n) is 1.41. The molecule has 0 spiro atoms. The number of thiocarbonyl (C=S) groups is 1. The second-order valence-electron chi connectivity index (χ2n) is 3.96. The topological polar surface area (TPSA) is 36.4 Å². The van der Waals surface area contributed by atoms with E-state index < -0.39 is 0 Å². The molecule has 0 unspecified atom stereocenters. The van der Waals surface area contributed by atoms with Crippen LogP contribution >= 0.6 is 12.2 Å². The lowest BCUT2D eigenvalue weighted by Crippen LogP contribution is -2.25. The second kappa shape index (κ2) is 5.07. The van der Waals surface area contributed by atoms with Crippen molar-refractivity contribution in [2.75, 3.05) is 5.32 Å². The summed E-state index contributed by atoms with van der Waals surface area (Å²) in [5.74, 6) is 0.673. The summed E-state index contributed by atoms with van der Waals surface area (Å²) in [7, 11) is 0. The highest BCUT2D eigenvalue weighted by Crippen LogP contribution is 2.30. The summed E-state index contributed by atoms with van der Waals surface area (Å²) in [6.45, 7) is 2.04. The zero-order chi connectivity index (χ0) is 11.4. The Morgan fingerprint density at radius 1 is 1.31 bits per heavy atom. The van der Waals surface area contributed by atoms with Crippen molar-refractivity contribution < 1.29 is 0 Å². The number of nitrogens with one attached hydrogen (secondary N) is 2. The molecule has 0 radical (unpaired) electrons. The molecule has 84 valence electrons. The van der Waals surface area contributed by atoms with E-state index in [1.165, 1.54) is 12.8 Å². The summed E-state index contributed by atoms with van der Waals surface area (Å²) in [5, 5.41) is 7.85. The lowest BCUT2D eigenvalue weighted by Gasteiger charge is -2.07. The number of hydrogen-bond acceptors (Lipinski definition) is 2. The molecular weight excluding hydrogens is 218 g/mol. The summed E-state index contributed by atoms with van der Waals surface area (Å²) in [6, 6.07) is 9.82. The van der Waals surface area contributed by atoms with Crippen molar-refractivity contribution in [3.8, 4) is 0 Å². The molecule has 2 rings (SSSR count). The minimum Gasteiger partial charge on any atom is -0.331 e. The number of hydrogen-bond donors (Lipinski definition) is 2. The van der Waals surface area contributed by atoms with Crippen LogP contribution in [0.25, 0.3) is 0 Å². The average molecular weight is 233 g/mol. The highest BCUT2D eigenvalue weighted by atomic mass is 32.1. The van der Waals surface area contributed by atoms with Gasteiger partial charge in [0.05, 0.1) is 0 Å². The van der Waals surface area contributed by atoms with Gasteiger partial charge in [0.15, 0.2) is 5.11 Å². The lowest BCUT2D eigenvalue weighted by atomic mass is 10.3. The van der Waals surface area contributed by atoms with Crippen molar-refractivity contribution in [1.29, 1.82) is 0 Å². The fraction of sp³-hybridized carbons (Fsp3) is 0.333. The molecule has 0 atom stereocenters. The number of hydrazone groups is 1. The van der Waals surface area contributed by atoms with Crippen LogP contribution in [0.15, 0.2) is 35.4 Å². The normalized spacial score (nSPS) is 15.7. The van der Waals surface area contributed by atoms with Gasteiger partial charge in [-0.1, -0.05) is 18.2 Å². The summed E-state index contributed by atoms with van der Waals surface area (Å²) in [6.07, 6.45) is 2.52. The van der Waals surface area contributed by atoms with Crippen molar-refractivity contribution in [2.24, 2.45) is 11.0 Å². The van der Waals surface area contributed by atoms with Gasteiger partial charge in [-0.05, 0) is 50.0 Å². The van der Waals surface area contributed by atoms with Gasteiger partial charge < -0.3 is 5.32 Å². The summed E-state index contributed by atoms with van der Waals surface area (Å²) >= 11 is 5.13. The van der Waals surface area contributed by atoms with Gasteiger partial charge in [-0.3, -0.25) is 5.43 Å². The Morgan fingerprint density at radius 3 is 2.62 bits per heavy atom. The maximum absolute atomic E-state index is 5.13. The Bertz CT molecular complexity index is 396. The molecule has 1 saturated carbocycles. The van der Waals surface area contributed by atoms with E-state index >= 15 is 0 Å². The molecule has 2 N–H and O–H groups in total. The standard InChI is InChI=1S/C12H15N3S/c1-9(10-7-8-10)14-15-12(16)13-11-5-3-2-4-6-11/h2-6,10H,7-8H2,1H3,(H2,13,15,16). The number of rotatable bonds is 3. The minimum atomic E-state index is 0.534. The van der Waals surface area contributed by atoms with Gasteiger partial charge in [-0.2, -0.15) is 5.10 Å². The molecule has 4 heteroatoms.